The van der Waals surface area contributed by atoms with Gasteiger partial charge in [-0.15, -0.1) is 0 Å². The van der Waals surface area contributed by atoms with Crippen molar-refractivity contribution in [2.24, 2.45) is 0 Å². The number of carbonyl (C=O) groups excluding carboxylic acids is 1. The number of ether oxygens (including phenoxy) is 1. The van der Waals surface area contributed by atoms with E-state index in [0.29, 0.717) is 18.8 Å². The molecule has 1 atom stereocenters. The van der Waals surface area contributed by atoms with E-state index in [9.17, 15) is 9.18 Å². The normalized spacial score (nSPS) is 16.0. The van der Waals surface area contributed by atoms with Crippen molar-refractivity contribution in [2.45, 2.75) is 39.2 Å². The number of piperazine rings is 1. The number of halogens is 1. The van der Waals surface area contributed by atoms with Crippen LogP contribution in [0.3, 0.4) is 0 Å². The van der Waals surface area contributed by atoms with Crippen molar-refractivity contribution >= 4 is 11.6 Å². The van der Waals surface area contributed by atoms with Gasteiger partial charge in [0, 0.05) is 31.9 Å². The van der Waals surface area contributed by atoms with Gasteiger partial charge in [-0.25, -0.2) is 4.39 Å². The number of rotatable bonds is 4. The molecule has 5 heteroatoms. The number of anilines is 1. The summed E-state index contributed by atoms with van der Waals surface area (Å²) in [5.74, 6) is 0.469. The largest absolute Gasteiger partial charge is 0.481 e. The van der Waals surface area contributed by atoms with E-state index in [-0.39, 0.29) is 17.1 Å². The molecule has 28 heavy (non-hydrogen) atoms. The second kappa shape index (κ2) is 8.21. The van der Waals surface area contributed by atoms with Gasteiger partial charge < -0.3 is 14.5 Å². The lowest BCUT2D eigenvalue weighted by Crippen LogP contribution is -2.52. The van der Waals surface area contributed by atoms with Crippen molar-refractivity contribution < 1.29 is 13.9 Å². The molecule has 4 nitrogen and oxygen atoms in total. The molecule has 1 aliphatic heterocycles. The summed E-state index contributed by atoms with van der Waals surface area (Å²) in [6.07, 6.45) is -0.530. The molecule has 0 radical (unpaired) electrons. The molecule has 1 aliphatic rings. The monoisotopic (exact) mass is 384 g/mol. The average molecular weight is 384 g/mol. The van der Waals surface area contributed by atoms with Crippen LogP contribution in [0.4, 0.5) is 10.1 Å². The Morgan fingerprint density at radius 3 is 2.07 bits per heavy atom. The first-order valence-electron chi connectivity index (χ1n) is 9.80. The van der Waals surface area contributed by atoms with E-state index in [1.807, 2.05) is 29.2 Å². The van der Waals surface area contributed by atoms with E-state index >= 15 is 0 Å². The minimum Gasteiger partial charge on any atom is -0.481 e. The molecule has 0 N–H and O–H groups in total. The van der Waals surface area contributed by atoms with Gasteiger partial charge in [0.25, 0.3) is 5.91 Å². The van der Waals surface area contributed by atoms with Crippen molar-refractivity contribution in [1.29, 1.82) is 0 Å². The summed E-state index contributed by atoms with van der Waals surface area (Å²) in [4.78, 5) is 16.8. The molecule has 1 fully saturated rings. The molecule has 1 saturated heterocycles. The summed E-state index contributed by atoms with van der Waals surface area (Å²) in [5, 5.41) is 0. The summed E-state index contributed by atoms with van der Waals surface area (Å²) in [7, 11) is 0. The summed E-state index contributed by atoms with van der Waals surface area (Å²) in [6.45, 7) is 11.0. The summed E-state index contributed by atoms with van der Waals surface area (Å²) in [5.41, 5.74) is 2.30. The van der Waals surface area contributed by atoms with Gasteiger partial charge in [0.1, 0.15) is 11.6 Å². The van der Waals surface area contributed by atoms with E-state index in [1.54, 1.807) is 19.1 Å². The molecule has 0 aliphatic carbocycles. The van der Waals surface area contributed by atoms with E-state index in [0.717, 1.165) is 18.8 Å². The Morgan fingerprint density at radius 1 is 0.964 bits per heavy atom. The lowest BCUT2D eigenvalue weighted by molar-refractivity contribution is -0.138. The number of nitrogens with zero attached hydrogens (tertiary/aromatic N) is 2. The van der Waals surface area contributed by atoms with E-state index in [1.165, 1.54) is 17.7 Å². The highest BCUT2D eigenvalue weighted by atomic mass is 19.1. The van der Waals surface area contributed by atoms with Gasteiger partial charge in [0.05, 0.1) is 0 Å². The number of amides is 1. The Kier molecular flexibility index (Phi) is 5.92. The maximum absolute atomic E-state index is 13.1. The van der Waals surface area contributed by atoms with Crippen molar-refractivity contribution in [3.8, 4) is 5.75 Å². The summed E-state index contributed by atoms with van der Waals surface area (Å²) >= 11 is 0. The molecule has 0 aromatic heterocycles. The molecule has 1 heterocycles. The Labute approximate surface area is 166 Å². The van der Waals surface area contributed by atoms with Gasteiger partial charge in [-0.1, -0.05) is 32.9 Å². The first-order valence-corrected chi connectivity index (χ1v) is 9.80. The second-order valence-electron chi connectivity index (χ2n) is 8.32. The van der Waals surface area contributed by atoms with Crippen LogP contribution < -0.4 is 9.64 Å². The highest BCUT2D eigenvalue weighted by Crippen LogP contribution is 2.25. The Balaban J connectivity index is 1.53. The summed E-state index contributed by atoms with van der Waals surface area (Å²) < 4.78 is 19.0. The van der Waals surface area contributed by atoms with Crippen LogP contribution in [0.25, 0.3) is 0 Å². The summed E-state index contributed by atoms with van der Waals surface area (Å²) in [6, 6.07) is 14.4. The average Bonchev–Trinajstić information content (AvgIpc) is 2.68. The molecule has 150 valence electrons. The molecule has 3 rings (SSSR count). The van der Waals surface area contributed by atoms with Crippen molar-refractivity contribution in [3.05, 3.63) is 59.9 Å². The van der Waals surface area contributed by atoms with Crippen molar-refractivity contribution in [3.63, 3.8) is 0 Å². The third-order valence-corrected chi connectivity index (χ3v) is 5.16. The number of carbonyl (C=O) groups is 1. The fourth-order valence-corrected chi connectivity index (χ4v) is 3.38. The zero-order valence-electron chi connectivity index (χ0n) is 17.1. The second-order valence-corrected chi connectivity index (χ2v) is 8.32. The number of hydrogen-bond donors (Lipinski definition) is 0. The molecule has 0 unspecified atom stereocenters. The molecule has 0 bridgehead atoms. The van der Waals surface area contributed by atoms with Crippen LogP contribution in [0.2, 0.25) is 0 Å². The van der Waals surface area contributed by atoms with Gasteiger partial charge >= 0.3 is 0 Å². The van der Waals surface area contributed by atoms with Gasteiger partial charge in [-0.3, -0.25) is 4.79 Å². The lowest BCUT2D eigenvalue weighted by Gasteiger charge is -2.37. The fraction of sp³-hybridized carbons (Fsp3) is 0.435. The van der Waals surface area contributed by atoms with Crippen LogP contribution in [-0.2, 0) is 10.2 Å². The number of hydrogen-bond acceptors (Lipinski definition) is 3. The minimum atomic E-state index is -0.530. The first-order chi connectivity index (χ1) is 13.2. The minimum absolute atomic E-state index is 0.00125. The molecule has 2 aromatic rings. The van der Waals surface area contributed by atoms with E-state index in [2.05, 4.69) is 25.7 Å². The Hall–Kier alpha value is -2.56. The predicted octanol–water partition coefficient (Wildman–Crippen LogP) is 4.24. The standard InChI is InChI=1S/C23H29FN2O2/c1-17(28-21-11-5-18(6-12-21)23(2,3)4)22(27)26-15-13-25(14-16-26)20-9-7-19(24)8-10-20/h5-12,17H,13-16H2,1-4H3/t17-/m0/s1. The van der Waals surface area contributed by atoms with Gasteiger partial charge in [-0.05, 0) is 54.3 Å². The van der Waals surface area contributed by atoms with Crippen LogP contribution >= 0.6 is 0 Å². The smallest absolute Gasteiger partial charge is 0.263 e. The van der Waals surface area contributed by atoms with Gasteiger partial charge in [0.15, 0.2) is 6.10 Å². The fourth-order valence-electron chi connectivity index (χ4n) is 3.38. The van der Waals surface area contributed by atoms with Crippen LogP contribution in [0.15, 0.2) is 48.5 Å². The van der Waals surface area contributed by atoms with Crippen LogP contribution in [0.1, 0.15) is 33.3 Å². The molecule has 0 spiro atoms. The molecular formula is C23H29FN2O2. The van der Waals surface area contributed by atoms with E-state index in [4.69, 9.17) is 4.74 Å². The van der Waals surface area contributed by atoms with E-state index < -0.39 is 6.10 Å². The SMILES string of the molecule is C[C@H](Oc1ccc(C(C)(C)C)cc1)C(=O)N1CCN(c2ccc(F)cc2)CC1. The topological polar surface area (TPSA) is 32.8 Å². The third kappa shape index (κ3) is 4.83. The maximum atomic E-state index is 13.1. The van der Waals surface area contributed by atoms with Crippen LogP contribution in [0, 0.1) is 5.82 Å². The van der Waals surface area contributed by atoms with Gasteiger partial charge in [0.2, 0.25) is 0 Å². The van der Waals surface area contributed by atoms with Crippen molar-refractivity contribution in [2.75, 3.05) is 31.1 Å². The molecule has 2 aromatic carbocycles. The highest BCUT2D eigenvalue weighted by Gasteiger charge is 2.26. The van der Waals surface area contributed by atoms with Crippen LogP contribution in [-0.4, -0.2) is 43.1 Å². The molecule has 0 saturated carbocycles. The predicted molar refractivity (Wildman–Crippen MR) is 110 cm³/mol. The van der Waals surface area contributed by atoms with Crippen molar-refractivity contribution in [1.82, 2.24) is 4.90 Å². The Morgan fingerprint density at radius 2 is 1.54 bits per heavy atom. The molecule has 1 amide bonds. The quantitative estimate of drug-likeness (QED) is 0.790. The molecular weight excluding hydrogens is 355 g/mol. The maximum Gasteiger partial charge on any atom is 0.263 e. The van der Waals surface area contributed by atoms with Gasteiger partial charge in [-0.2, -0.15) is 0 Å². The number of benzene rings is 2. The Bertz CT molecular complexity index is 789. The highest BCUT2D eigenvalue weighted by molar-refractivity contribution is 5.81. The third-order valence-electron chi connectivity index (χ3n) is 5.16. The lowest BCUT2D eigenvalue weighted by atomic mass is 9.87. The first kappa shape index (κ1) is 20.2. The zero-order valence-corrected chi connectivity index (χ0v) is 17.1. The van der Waals surface area contributed by atoms with Crippen LogP contribution in [0.5, 0.6) is 5.75 Å². The zero-order chi connectivity index (χ0) is 20.3.